The summed E-state index contributed by atoms with van der Waals surface area (Å²) >= 11 is 0. The standard InChI is InChI=1S/C10H16N2O4/c1-4-5-8(12-7(3)13)9(14)11-6(2)10(15)16/h4,6,8H,1,5H2,2-3H3,(H,11,14)(H,12,13)(H,15,16). The molecular formula is C10H16N2O4. The quantitative estimate of drug-likeness (QED) is 0.542. The van der Waals surface area contributed by atoms with Crippen LogP contribution in [0.15, 0.2) is 12.7 Å². The van der Waals surface area contributed by atoms with Gasteiger partial charge in [0.1, 0.15) is 12.1 Å². The number of nitrogens with one attached hydrogen (secondary N) is 2. The predicted octanol–water partition coefficient (Wildman–Crippen LogP) is -0.343. The van der Waals surface area contributed by atoms with Gasteiger partial charge in [-0.05, 0) is 13.3 Å². The van der Waals surface area contributed by atoms with Gasteiger partial charge >= 0.3 is 5.97 Å². The lowest BCUT2D eigenvalue weighted by Gasteiger charge is -2.17. The van der Waals surface area contributed by atoms with Crippen LogP contribution in [0.5, 0.6) is 0 Å². The molecule has 16 heavy (non-hydrogen) atoms. The van der Waals surface area contributed by atoms with E-state index in [1.54, 1.807) is 0 Å². The second kappa shape index (κ2) is 6.60. The van der Waals surface area contributed by atoms with Crippen LogP contribution in [0.1, 0.15) is 20.3 Å². The van der Waals surface area contributed by atoms with Crippen LogP contribution < -0.4 is 10.6 Å². The van der Waals surface area contributed by atoms with Crippen LogP contribution in [0, 0.1) is 0 Å². The number of carbonyl (C=O) groups is 3. The van der Waals surface area contributed by atoms with Crippen molar-refractivity contribution in [2.45, 2.75) is 32.4 Å². The molecule has 0 aliphatic rings. The fraction of sp³-hybridized carbons (Fsp3) is 0.500. The first-order valence-electron chi connectivity index (χ1n) is 4.79. The van der Waals surface area contributed by atoms with E-state index in [1.165, 1.54) is 19.9 Å². The van der Waals surface area contributed by atoms with Gasteiger partial charge in [-0.25, -0.2) is 0 Å². The average molecular weight is 228 g/mol. The number of carbonyl (C=O) groups excluding carboxylic acids is 2. The van der Waals surface area contributed by atoms with E-state index >= 15 is 0 Å². The van der Waals surface area contributed by atoms with Gasteiger partial charge in [-0.15, -0.1) is 6.58 Å². The Labute approximate surface area is 93.7 Å². The molecule has 2 atom stereocenters. The van der Waals surface area contributed by atoms with E-state index in [4.69, 9.17) is 5.11 Å². The maximum absolute atomic E-state index is 11.5. The molecule has 0 aromatic heterocycles. The van der Waals surface area contributed by atoms with Gasteiger partial charge in [0.25, 0.3) is 0 Å². The molecule has 0 fully saturated rings. The van der Waals surface area contributed by atoms with Crippen LogP contribution in [-0.4, -0.2) is 35.0 Å². The van der Waals surface area contributed by atoms with Crippen LogP contribution in [0.4, 0.5) is 0 Å². The van der Waals surface area contributed by atoms with Crippen molar-refractivity contribution < 1.29 is 19.5 Å². The van der Waals surface area contributed by atoms with E-state index in [-0.39, 0.29) is 12.3 Å². The molecule has 0 saturated carbocycles. The molecule has 90 valence electrons. The summed E-state index contributed by atoms with van der Waals surface area (Å²) in [5, 5.41) is 13.3. The van der Waals surface area contributed by atoms with E-state index in [9.17, 15) is 14.4 Å². The molecule has 0 aromatic rings. The minimum absolute atomic E-state index is 0.248. The number of hydrogen-bond donors (Lipinski definition) is 3. The second-order valence-electron chi connectivity index (χ2n) is 3.35. The monoisotopic (exact) mass is 228 g/mol. The highest BCUT2D eigenvalue weighted by Gasteiger charge is 2.21. The summed E-state index contributed by atoms with van der Waals surface area (Å²) in [6, 6.07) is -1.77. The fourth-order valence-electron chi connectivity index (χ4n) is 1.02. The van der Waals surface area contributed by atoms with Crippen molar-refractivity contribution in [3.05, 3.63) is 12.7 Å². The third-order valence-corrected chi connectivity index (χ3v) is 1.83. The third-order valence-electron chi connectivity index (χ3n) is 1.83. The van der Waals surface area contributed by atoms with Crippen LogP contribution in [-0.2, 0) is 14.4 Å². The first kappa shape index (κ1) is 14.2. The lowest BCUT2D eigenvalue weighted by atomic mass is 10.1. The smallest absolute Gasteiger partial charge is 0.325 e. The van der Waals surface area contributed by atoms with Crippen LogP contribution in [0.2, 0.25) is 0 Å². The van der Waals surface area contributed by atoms with Gasteiger partial charge in [-0.2, -0.15) is 0 Å². The topological polar surface area (TPSA) is 95.5 Å². The molecule has 2 amide bonds. The lowest BCUT2D eigenvalue weighted by molar-refractivity contribution is -0.141. The zero-order valence-electron chi connectivity index (χ0n) is 9.32. The fourth-order valence-corrected chi connectivity index (χ4v) is 1.02. The van der Waals surface area contributed by atoms with E-state index < -0.39 is 24.0 Å². The minimum atomic E-state index is -1.13. The van der Waals surface area contributed by atoms with E-state index in [1.807, 2.05) is 0 Å². The van der Waals surface area contributed by atoms with Gasteiger partial charge in [0, 0.05) is 6.92 Å². The van der Waals surface area contributed by atoms with Gasteiger partial charge < -0.3 is 15.7 Å². The summed E-state index contributed by atoms with van der Waals surface area (Å²) in [4.78, 5) is 32.9. The molecule has 6 nitrogen and oxygen atoms in total. The highest BCUT2D eigenvalue weighted by molar-refractivity contribution is 5.89. The first-order chi connectivity index (χ1) is 7.38. The molecular weight excluding hydrogens is 212 g/mol. The van der Waals surface area contributed by atoms with Gasteiger partial charge in [0.05, 0.1) is 0 Å². The molecule has 0 bridgehead atoms. The Morgan fingerprint density at radius 1 is 1.38 bits per heavy atom. The number of carboxylic acids is 1. The van der Waals surface area contributed by atoms with E-state index in [2.05, 4.69) is 17.2 Å². The number of aliphatic carboxylic acids is 1. The summed E-state index contributed by atoms with van der Waals surface area (Å²) in [5.74, 6) is -2.02. The molecule has 2 unspecified atom stereocenters. The Morgan fingerprint density at radius 2 is 1.94 bits per heavy atom. The Morgan fingerprint density at radius 3 is 2.31 bits per heavy atom. The third kappa shape index (κ3) is 5.14. The van der Waals surface area contributed by atoms with Crippen molar-refractivity contribution in [3.63, 3.8) is 0 Å². The van der Waals surface area contributed by atoms with Crippen LogP contribution in [0.25, 0.3) is 0 Å². The average Bonchev–Trinajstić information content (AvgIpc) is 2.16. The summed E-state index contributed by atoms with van der Waals surface area (Å²) in [6.07, 6.45) is 1.73. The Balaban J connectivity index is 4.42. The minimum Gasteiger partial charge on any atom is -0.480 e. The molecule has 0 spiro atoms. The lowest BCUT2D eigenvalue weighted by Crippen LogP contribution is -2.50. The summed E-state index contributed by atoms with van der Waals surface area (Å²) in [7, 11) is 0. The van der Waals surface area contributed by atoms with Crippen molar-refractivity contribution in [3.8, 4) is 0 Å². The predicted molar refractivity (Wildman–Crippen MR) is 57.7 cm³/mol. The number of hydrogen-bond acceptors (Lipinski definition) is 3. The molecule has 3 N–H and O–H groups in total. The molecule has 0 rings (SSSR count). The normalized spacial score (nSPS) is 13.4. The van der Waals surface area contributed by atoms with Gasteiger partial charge in [-0.1, -0.05) is 6.08 Å². The molecule has 0 aliphatic carbocycles. The molecule has 0 heterocycles. The SMILES string of the molecule is C=CCC(NC(C)=O)C(=O)NC(C)C(=O)O. The second-order valence-corrected chi connectivity index (χ2v) is 3.35. The Kier molecular flexibility index (Phi) is 5.84. The summed E-state index contributed by atoms with van der Waals surface area (Å²) < 4.78 is 0. The van der Waals surface area contributed by atoms with Crippen molar-refractivity contribution in [1.82, 2.24) is 10.6 Å². The van der Waals surface area contributed by atoms with Crippen molar-refractivity contribution >= 4 is 17.8 Å². The summed E-state index contributed by atoms with van der Waals surface area (Å²) in [6.45, 7) is 6.08. The van der Waals surface area contributed by atoms with E-state index in [0.717, 1.165) is 0 Å². The molecule has 0 radical (unpaired) electrons. The van der Waals surface area contributed by atoms with Crippen molar-refractivity contribution in [2.24, 2.45) is 0 Å². The largest absolute Gasteiger partial charge is 0.480 e. The number of carboxylic acid groups (broad SMARTS) is 1. The Bertz CT molecular complexity index is 301. The maximum atomic E-state index is 11.5. The van der Waals surface area contributed by atoms with Crippen molar-refractivity contribution in [2.75, 3.05) is 0 Å². The highest BCUT2D eigenvalue weighted by atomic mass is 16.4. The number of rotatable bonds is 6. The molecule has 6 heteroatoms. The van der Waals surface area contributed by atoms with Gasteiger partial charge in [0.15, 0.2) is 0 Å². The zero-order valence-corrected chi connectivity index (χ0v) is 9.32. The molecule has 0 aliphatic heterocycles. The number of amides is 2. The van der Waals surface area contributed by atoms with Gasteiger partial charge in [0.2, 0.25) is 11.8 Å². The first-order valence-corrected chi connectivity index (χ1v) is 4.79. The van der Waals surface area contributed by atoms with Gasteiger partial charge in [-0.3, -0.25) is 14.4 Å². The highest BCUT2D eigenvalue weighted by Crippen LogP contribution is 1.95. The maximum Gasteiger partial charge on any atom is 0.325 e. The van der Waals surface area contributed by atoms with Crippen LogP contribution >= 0.6 is 0 Å². The summed E-state index contributed by atoms with van der Waals surface area (Å²) in [5.41, 5.74) is 0. The van der Waals surface area contributed by atoms with Crippen LogP contribution in [0.3, 0.4) is 0 Å². The Hall–Kier alpha value is -1.85. The molecule has 0 aromatic carbocycles. The zero-order chi connectivity index (χ0) is 12.7. The van der Waals surface area contributed by atoms with Crippen molar-refractivity contribution in [1.29, 1.82) is 0 Å². The molecule has 0 saturated heterocycles. The van der Waals surface area contributed by atoms with E-state index in [0.29, 0.717) is 0 Å².